The molecule has 0 radical (unpaired) electrons. The van der Waals surface area contributed by atoms with Gasteiger partial charge < -0.3 is 15.0 Å². The van der Waals surface area contributed by atoms with Gasteiger partial charge in [-0.1, -0.05) is 0 Å². The number of piperazine rings is 1. The van der Waals surface area contributed by atoms with E-state index in [-0.39, 0.29) is 0 Å². The van der Waals surface area contributed by atoms with Crippen LogP contribution in [0.3, 0.4) is 0 Å². The van der Waals surface area contributed by atoms with Crippen molar-refractivity contribution in [1.29, 1.82) is 0 Å². The Morgan fingerprint density at radius 2 is 2.06 bits per heavy atom. The number of hydrogen-bond acceptors (Lipinski definition) is 4. The number of rotatable bonds is 5. The van der Waals surface area contributed by atoms with Crippen LogP contribution in [0.4, 0.5) is 0 Å². The number of hydrogen-bond donors (Lipinski definition) is 1. The summed E-state index contributed by atoms with van der Waals surface area (Å²) in [4.78, 5) is 4.97. The molecule has 2 saturated heterocycles. The van der Waals surface area contributed by atoms with E-state index in [4.69, 9.17) is 4.74 Å². The largest absolute Gasteiger partial charge is 0.381 e. The Labute approximate surface area is 105 Å². The molecule has 0 amide bonds. The highest BCUT2D eigenvalue weighted by molar-refractivity contribution is 4.77. The summed E-state index contributed by atoms with van der Waals surface area (Å²) in [6, 6.07) is 0.602. The molecule has 2 heterocycles. The fourth-order valence-electron chi connectivity index (χ4n) is 2.64. The van der Waals surface area contributed by atoms with Gasteiger partial charge in [0.05, 0.1) is 6.61 Å². The third-order valence-corrected chi connectivity index (χ3v) is 4.16. The first kappa shape index (κ1) is 13.3. The third kappa shape index (κ3) is 4.21. The highest BCUT2D eigenvalue weighted by atomic mass is 16.5. The van der Waals surface area contributed by atoms with Crippen molar-refractivity contribution < 1.29 is 4.74 Å². The summed E-state index contributed by atoms with van der Waals surface area (Å²) in [7, 11) is 2.21. The van der Waals surface area contributed by atoms with Crippen molar-refractivity contribution in [1.82, 2.24) is 15.1 Å². The first-order chi connectivity index (χ1) is 8.25. The van der Waals surface area contributed by atoms with Crippen LogP contribution in [0.15, 0.2) is 0 Å². The summed E-state index contributed by atoms with van der Waals surface area (Å²) in [5.41, 5.74) is 0. The molecule has 1 N–H and O–H groups in total. The first-order valence-corrected chi connectivity index (χ1v) is 6.98. The molecule has 0 saturated carbocycles. The van der Waals surface area contributed by atoms with Crippen LogP contribution < -0.4 is 5.32 Å². The van der Waals surface area contributed by atoms with Crippen molar-refractivity contribution in [2.75, 3.05) is 59.5 Å². The molecule has 100 valence electrons. The minimum Gasteiger partial charge on any atom is -0.381 e. The molecule has 2 fully saturated rings. The van der Waals surface area contributed by atoms with Gasteiger partial charge in [0.25, 0.3) is 0 Å². The van der Waals surface area contributed by atoms with Crippen molar-refractivity contribution in [2.45, 2.75) is 19.4 Å². The molecule has 4 nitrogen and oxygen atoms in total. The molecule has 2 aliphatic heterocycles. The summed E-state index contributed by atoms with van der Waals surface area (Å²) in [6.07, 6.45) is 1.22. The average molecular weight is 241 g/mol. The lowest BCUT2D eigenvalue weighted by atomic mass is 10.0. The normalized spacial score (nSPS) is 29.6. The zero-order valence-corrected chi connectivity index (χ0v) is 11.3. The Kier molecular flexibility index (Phi) is 5.22. The fourth-order valence-corrected chi connectivity index (χ4v) is 2.64. The van der Waals surface area contributed by atoms with Gasteiger partial charge in [0, 0.05) is 51.9 Å². The van der Waals surface area contributed by atoms with Gasteiger partial charge in [0.2, 0.25) is 0 Å². The molecule has 2 atom stereocenters. The Morgan fingerprint density at radius 1 is 1.29 bits per heavy atom. The summed E-state index contributed by atoms with van der Waals surface area (Å²) in [5, 5.41) is 3.65. The molecule has 2 unspecified atom stereocenters. The van der Waals surface area contributed by atoms with Gasteiger partial charge in [0.1, 0.15) is 0 Å². The van der Waals surface area contributed by atoms with E-state index in [1.807, 2.05) is 0 Å². The summed E-state index contributed by atoms with van der Waals surface area (Å²) in [6.45, 7) is 11.4. The molecule has 17 heavy (non-hydrogen) atoms. The Bertz CT molecular complexity index is 211. The second-order valence-corrected chi connectivity index (χ2v) is 5.51. The number of likely N-dealkylation sites (N-methyl/N-ethyl adjacent to an activating group) is 1. The van der Waals surface area contributed by atoms with Crippen molar-refractivity contribution >= 4 is 0 Å². The maximum absolute atomic E-state index is 5.43. The minimum atomic E-state index is 0.602. The molecule has 0 aromatic rings. The van der Waals surface area contributed by atoms with E-state index in [1.165, 1.54) is 39.1 Å². The molecule has 0 aromatic heterocycles. The summed E-state index contributed by atoms with van der Waals surface area (Å²) < 4.78 is 5.43. The van der Waals surface area contributed by atoms with E-state index in [0.29, 0.717) is 6.04 Å². The maximum Gasteiger partial charge on any atom is 0.0509 e. The van der Waals surface area contributed by atoms with Gasteiger partial charge in [0.15, 0.2) is 0 Å². The van der Waals surface area contributed by atoms with E-state index in [1.54, 1.807) is 0 Å². The van der Waals surface area contributed by atoms with Crippen LogP contribution in [-0.4, -0.2) is 75.4 Å². The molecule has 2 rings (SSSR count). The van der Waals surface area contributed by atoms with E-state index < -0.39 is 0 Å². The molecule has 4 heteroatoms. The van der Waals surface area contributed by atoms with E-state index >= 15 is 0 Å². The van der Waals surface area contributed by atoms with Gasteiger partial charge in [-0.2, -0.15) is 0 Å². The number of ether oxygens (including phenoxy) is 1. The zero-order valence-electron chi connectivity index (χ0n) is 11.3. The molecule has 0 aliphatic carbocycles. The van der Waals surface area contributed by atoms with Gasteiger partial charge >= 0.3 is 0 Å². The van der Waals surface area contributed by atoms with E-state index in [0.717, 1.165) is 25.7 Å². The molecule has 0 spiro atoms. The van der Waals surface area contributed by atoms with Crippen LogP contribution in [-0.2, 0) is 4.74 Å². The first-order valence-electron chi connectivity index (χ1n) is 6.98. The van der Waals surface area contributed by atoms with Crippen LogP contribution in [0.25, 0.3) is 0 Å². The number of nitrogens with one attached hydrogen (secondary N) is 1. The smallest absolute Gasteiger partial charge is 0.0509 e. The molecular weight excluding hydrogens is 214 g/mol. The van der Waals surface area contributed by atoms with Gasteiger partial charge in [-0.15, -0.1) is 0 Å². The molecule has 0 bridgehead atoms. The quantitative estimate of drug-likeness (QED) is 0.747. The van der Waals surface area contributed by atoms with Crippen LogP contribution in [0.5, 0.6) is 0 Å². The lowest BCUT2D eigenvalue weighted by molar-refractivity contribution is 0.150. The SMILES string of the molecule is CC(NCCN1CCN(C)CC1)C1CCOC1. The Balaban J connectivity index is 1.56. The van der Waals surface area contributed by atoms with Crippen molar-refractivity contribution in [2.24, 2.45) is 5.92 Å². The van der Waals surface area contributed by atoms with Gasteiger partial charge in [-0.05, 0) is 26.3 Å². The number of nitrogens with zero attached hydrogens (tertiary/aromatic N) is 2. The lowest BCUT2D eigenvalue weighted by Gasteiger charge is -2.32. The second-order valence-electron chi connectivity index (χ2n) is 5.51. The second kappa shape index (κ2) is 6.69. The minimum absolute atomic E-state index is 0.602. The predicted octanol–water partition coefficient (Wildman–Crippen LogP) is 0.248. The van der Waals surface area contributed by atoms with Crippen LogP contribution in [0.2, 0.25) is 0 Å². The van der Waals surface area contributed by atoms with Gasteiger partial charge in [-0.25, -0.2) is 0 Å². The highest BCUT2D eigenvalue weighted by Crippen LogP contribution is 2.16. The van der Waals surface area contributed by atoms with Crippen LogP contribution in [0.1, 0.15) is 13.3 Å². The topological polar surface area (TPSA) is 27.7 Å². The standard InChI is InChI=1S/C13H27N3O/c1-12(13-3-10-17-11-13)14-4-5-16-8-6-15(2)7-9-16/h12-14H,3-11H2,1-2H3. The molecular formula is C13H27N3O. The van der Waals surface area contributed by atoms with Crippen LogP contribution in [0, 0.1) is 5.92 Å². The lowest BCUT2D eigenvalue weighted by Crippen LogP contribution is -2.47. The van der Waals surface area contributed by atoms with Gasteiger partial charge in [-0.3, -0.25) is 4.90 Å². The third-order valence-electron chi connectivity index (χ3n) is 4.16. The summed E-state index contributed by atoms with van der Waals surface area (Å²) in [5.74, 6) is 0.725. The average Bonchev–Trinajstić information content (AvgIpc) is 2.85. The maximum atomic E-state index is 5.43. The van der Waals surface area contributed by atoms with Crippen molar-refractivity contribution in [3.63, 3.8) is 0 Å². The van der Waals surface area contributed by atoms with Crippen LogP contribution >= 0.6 is 0 Å². The Hall–Kier alpha value is -0.160. The monoisotopic (exact) mass is 241 g/mol. The van der Waals surface area contributed by atoms with E-state index in [2.05, 4.69) is 29.1 Å². The molecule has 2 aliphatic rings. The predicted molar refractivity (Wildman–Crippen MR) is 70.3 cm³/mol. The zero-order chi connectivity index (χ0) is 12.1. The molecule has 0 aromatic carbocycles. The van der Waals surface area contributed by atoms with E-state index in [9.17, 15) is 0 Å². The summed E-state index contributed by atoms with van der Waals surface area (Å²) >= 11 is 0. The van der Waals surface area contributed by atoms with Crippen molar-refractivity contribution in [3.05, 3.63) is 0 Å². The Morgan fingerprint density at radius 3 is 2.71 bits per heavy atom. The highest BCUT2D eigenvalue weighted by Gasteiger charge is 2.22. The fraction of sp³-hybridized carbons (Fsp3) is 1.00. The van der Waals surface area contributed by atoms with Crippen molar-refractivity contribution in [3.8, 4) is 0 Å².